The van der Waals surface area contributed by atoms with E-state index in [1.54, 1.807) is 0 Å². The van der Waals surface area contributed by atoms with Gasteiger partial charge in [0.15, 0.2) is 5.56 Å². The molecular weight excluding hydrogens is 238 g/mol. The second-order valence-electron chi connectivity index (χ2n) is 2.77. The molecule has 0 heterocycles. The Labute approximate surface area is 94.9 Å². The van der Waals surface area contributed by atoms with Crippen molar-refractivity contribution in [3.63, 3.8) is 0 Å². The van der Waals surface area contributed by atoms with Gasteiger partial charge in [0, 0.05) is 11.6 Å². The number of methoxy groups -OCH3 is 1. The summed E-state index contributed by atoms with van der Waals surface area (Å²) in [6, 6.07) is 2.17. The highest BCUT2D eigenvalue weighted by molar-refractivity contribution is 6.68. The molecule has 0 fully saturated rings. The number of hydrogen-bond acceptors (Lipinski definition) is 5. The van der Waals surface area contributed by atoms with E-state index in [9.17, 15) is 19.7 Å². The van der Waals surface area contributed by atoms with Gasteiger partial charge in [-0.2, -0.15) is 0 Å². The average Bonchev–Trinajstić information content (AvgIpc) is 2.26. The van der Waals surface area contributed by atoms with Gasteiger partial charge >= 0.3 is 0 Å². The Morgan fingerprint density at radius 3 is 2.56 bits per heavy atom. The molecule has 0 radical (unpaired) electrons. The van der Waals surface area contributed by atoms with Crippen LogP contribution in [-0.4, -0.2) is 23.6 Å². The Morgan fingerprint density at radius 2 is 2.19 bits per heavy atom. The van der Waals surface area contributed by atoms with Crippen LogP contribution in [0.25, 0.3) is 0 Å². The number of nitro benzene ring substituents is 1. The Balaban J connectivity index is 3.59. The second kappa shape index (κ2) is 4.71. The minimum atomic E-state index is -1.01. The first-order chi connectivity index (χ1) is 7.51. The van der Waals surface area contributed by atoms with Crippen LogP contribution in [0.4, 0.5) is 5.69 Å². The van der Waals surface area contributed by atoms with Gasteiger partial charge in [-0.05, 0) is 17.7 Å². The molecule has 0 aliphatic rings. The number of hydrogen-bond donors (Lipinski definition) is 0. The quantitative estimate of drug-likeness (QED) is 0.348. The highest BCUT2D eigenvalue weighted by Crippen LogP contribution is 2.31. The number of carbonyl (C=O) groups excluding carboxylic acids is 2. The molecule has 1 aromatic carbocycles. The SMILES string of the molecule is COc1cc(C=O)cc([N+](=O)[O-])c1C(=O)Cl. The molecule has 0 aromatic heterocycles. The zero-order valence-corrected chi connectivity index (χ0v) is 8.85. The zero-order chi connectivity index (χ0) is 12.3. The van der Waals surface area contributed by atoms with E-state index in [1.807, 2.05) is 0 Å². The van der Waals surface area contributed by atoms with Crippen molar-refractivity contribution in [3.05, 3.63) is 33.4 Å². The molecule has 0 aliphatic heterocycles. The van der Waals surface area contributed by atoms with Crippen LogP contribution in [0.3, 0.4) is 0 Å². The maximum absolute atomic E-state index is 11.0. The molecule has 1 rings (SSSR count). The molecule has 0 N–H and O–H groups in total. The molecule has 0 bridgehead atoms. The van der Waals surface area contributed by atoms with Gasteiger partial charge in [0.05, 0.1) is 12.0 Å². The van der Waals surface area contributed by atoms with E-state index >= 15 is 0 Å². The summed E-state index contributed by atoms with van der Waals surface area (Å²) in [5, 5.41) is 9.67. The predicted octanol–water partition coefficient (Wildman–Crippen LogP) is 1.79. The van der Waals surface area contributed by atoms with E-state index in [0.717, 1.165) is 6.07 Å². The number of benzene rings is 1. The summed E-state index contributed by atoms with van der Waals surface area (Å²) in [5.74, 6) is -0.101. The van der Waals surface area contributed by atoms with Gasteiger partial charge in [0.2, 0.25) is 0 Å². The predicted molar refractivity (Wildman–Crippen MR) is 55.2 cm³/mol. The molecule has 84 valence electrons. The van der Waals surface area contributed by atoms with Crippen LogP contribution >= 0.6 is 11.6 Å². The van der Waals surface area contributed by atoms with Gasteiger partial charge in [-0.3, -0.25) is 19.7 Å². The fourth-order valence-electron chi connectivity index (χ4n) is 1.19. The maximum atomic E-state index is 11.0. The lowest BCUT2D eigenvalue weighted by atomic mass is 10.1. The highest BCUT2D eigenvalue weighted by atomic mass is 35.5. The van der Waals surface area contributed by atoms with Gasteiger partial charge < -0.3 is 4.74 Å². The summed E-state index contributed by atoms with van der Waals surface area (Å²) >= 11 is 5.22. The number of halogens is 1. The van der Waals surface area contributed by atoms with Gasteiger partial charge in [0.25, 0.3) is 10.9 Å². The summed E-state index contributed by atoms with van der Waals surface area (Å²) in [7, 11) is 1.22. The smallest absolute Gasteiger partial charge is 0.286 e. The fourth-order valence-corrected chi connectivity index (χ4v) is 1.38. The monoisotopic (exact) mass is 243 g/mol. The lowest BCUT2D eigenvalue weighted by Crippen LogP contribution is -2.03. The zero-order valence-electron chi connectivity index (χ0n) is 8.10. The van der Waals surface area contributed by atoms with Crippen molar-refractivity contribution in [2.75, 3.05) is 7.11 Å². The maximum Gasteiger partial charge on any atom is 0.286 e. The highest BCUT2D eigenvalue weighted by Gasteiger charge is 2.25. The molecule has 1 aromatic rings. The summed E-state index contributed by atoms with van der Waals surface area (Å²) in [6.07, 6.45) is 0.415. The van der Waals surface area contributed by atoms with Crippen molar-refractivity contribution in [1.82, 2.24) is 0 Å². The van der Waals surface area contributed by atoms with Crippen LogP contribution in [0.15, 0.2) is 12.1 Å². The molecule has 0 spiro atoms. The van der Waals surface area contributed by atoms with E-state index in [4.69, 9.17) is 16.3 Å². The largest absolute Gasteiger partial charge is 0.496 e. The first kappa shape index (κ1) is 12.1. The van der Waals surface area contributed by atoms with Crippen molar-refractivity contribution in [2.24, 2.45) is 0 Å². The number of carbonyl (C=O) groups is 2. The third kappa shape index (κ3) is 2.17. The Kier molecular flexibility index (Phi) is 3.57. The molecule has 0 amide bonds. The molecule has 6 nitrogen and oxygen atoms in total. The van der Waals surface area contributed by atoms with Crippen LogP contribution in [0.5, 0.6) is 5.75 Å². The van der Waals surface area contributed by atoms with Gasteiger partial charge in [-0.1, -0.05) is 0 Å². The molecule has 7 heteroatoms. The van der Waals surface area contributed by atoms with Gasteiger partial charge in [-0.15, -0.1) is 0 Å². The van der Waals surface area contributed by atoms with Crippen LogP contribution in [0, 0.1) is 10.1 Å². The third-order valence-electron chi connectivity index (χ3n) is 1.85. The average molecular weight is 244 g/mol. The Morgan fingerprint density at radius 1 is 1.56 bits per heavy atom. The number of aldehydes is 1. The second-order valence-corrected chi connectivity index (χ2v) is 3.11. The lowest BCUT2D eigenvalue weighted by Gasteiger charge is -2.06. The summed E-state index contributed by atoms with van der Waals surface area (Å²) in [4.78, 5) is 31.5. The molecule has 16 heavy (non-hydrogen) atoms. The normalized spacial score (nSPS) is 9.62. The van der Waals surface area contributed by atoms with Gasteiger partial charge in [0.1, 0.15) is 12.0 Å². The fraction of sp³-hybridized carbons (Fsp3) is 0.111. The van der Waals surface area contributed by atoms with Crippen LogP contribution < -0.4 is 4.74 Å². The van der Waals surface area contributed by atoms with Crippen molar-refractivity contribution >= 4 is 28.8 Å². The summed E-state index contributed by atoms with van der Waals surface area (Å²) < 4.78 is 4.77. The summed E-state index contributed by atoms with van der Waals surface area (Å²) in [6.45, 7) is 0. The minimum Gasteiger partial charge on any atom is -0.496 e. The van der Waals surface area contributed by atoms with E-state index in [2.05, 4.69) is 0 Å². The van der Waals surface area contributed by atoms with Crippen molar-refractivity contribution in [3.8, 4) is 5.75 Å². The molecular formula is C9H6ClNO5. The topological polar surface area (TPSA) is 86.5 Å². The van der Waals surface area contributed by atoms with Crippen molar-refractivity contribution in [2.45, 2.75) is 0 Å². The Bertz CT molecular complexity index is 471. The number of nitrogens with zero attached hydrogens (tertiary/aromatic N) is 1. The first-order valence-corrected chi connectivity index (χ1v) is 4.40. The third-order valence-corrected chi connectivity index (χ3v) is 2.04. The van der Waals surface area contributed by atoms with Gasteiger partial charge in [-0.25, -0.2) is 0 Å². The molecule has 0 aliphatic carbocycles. The molecule has 0 unspecified atom stereocenters. The van der Waals surface area contributed by atoms with E-state index in [0.29, 0.717) is 6.29 Å². The standard InChI is InChI=1S/C9H6ClNO5/c1-16-7-3-5(4-12)2-6(11(14)15)8(7)9(10)13/h2-4H,1H3. The number of nitro groups is 1. The van der Waals surface area contributed by atoms with E-state index in [-0.39, 0.29) is 16.9 Å². The Hall–Kier alpha value is -1.95. The number of ether oxygens (including phenoxy) is 1. The molecule has 0 saturated heterocycles. The van der Waals surface area contributed by atoms with Crippen LogP contribution in [0.2, 0.25) is 0 Å². The lowest BCUT2D eigenvalue weighted by molar-refractivity contribution is -0.385. The molecule has 0 saturated carbocycles. The van der Waals surface area contributed by atoms with Crippen LogP contribution in [0.1, 0.15) is 20.7 Å². The minimum absolute atomic E-state index is 0.0326. The molecule has 0 atom stereocenters. The number of rotatable bonds is 4. The van der Waals surface area contributed by atoms with Crippen molar-refractivity contribution in [1.29, 1.82) is 0 Å². The van der Waals surface area contributed by atoms with Crippen molar-refractivity contribution < 1.29 is 19.2 Å². The van der Waals surface area contributed by atoms with E-state index in [1.165, 1.54) is 13.2 Å². The summed E-state index contributed by atoms with van der Waals surface area (Å²) in [5.41, 5.74) is -0.883. The van der Waals surface area contributed by atoms with E-state index < -0.39 is 15.9 Å². The first-order valence-electron chi connectivity index (χ1n) is 4.02. The van der Waals surface area contributed by atoms with Crippen LogP contribution in [-0.2, 0) is 0 Å².